The zero-order valence-corrected chi connectivity index (χ0v) is 16.2. The summed E-state index contributed by atoms with van der Waals surface area (Å²) in [5.41, 5.74) is 2.47. The second kappa shape index (κ2) is 9.38. The lowest BCUT2D eigenvalue weighted by Gasteiger charge is -2.12. The number of ether oxygens (including phenoxy) is 2. The van der Waals surface area contributed by atoms with E-state index in [-0.39, 0.29) is 17.4 Å². The van der Waals surface area contributed by atoms with Crippen molar-refractivity contribution >= 4 is 17.5 Å². The lowest BCUT2D eigenvalue weighted by Crippen LogP contribution is -2.25. The molecule has 3 aromatic rings. The highest BCUT2D eigenvalue weighted by atomic mass is 35.5. The van der Waals surface area contributed by atoms with Crippen LogP contribution in [0.2, 0.25) is 5.02 Å². The lowest BCUT2D eigenvalue weighted by atomic mass is 10.1. The van der Waals surface area contributed by atoms with Crippen molar-refractivity contribution in [1.29, 1.82) is 0 Å². The number of halogens is 3. The van der Waals surface area contributed by atoms with Crippen LogP contribution < -0.4 is 14.8 Å². The standard InChI is InChI=1S/C20H18ClF2N3O3/c1-28-16-7-2-12(10-17(16)29-20(22)23)8-9-24-19(27)15-11-25-26-18(15)13-3-5-14(21)6-4-13/h2-7,10-11,20H,8-9H2,1H3,(H,24,27)(H,25,26). The Hall–Kier alpha value is -3.13. The molecule has 0 aliphatic heterocycles. The Labute approximate surface area is 170 Å². The Morgan fingerprint density at radius 2 is 1.97 bits per heavy atom. The highest BCUT2D eigenvalue weighted by molar-refractivity contribution is 6.30. The number of aromatic amines is 1. The van der Waals surface area contributed by atoms with E-state index in [0.717, 1.165) is 5.56 Å². The number of H-pyrrole nitrogens is 1. The van der Waals surface area contributed by atoms with E-state index in [2.05, 4.69) is 20.3 Å². The maximum atomic E-state index is 12.5. The summed E-state index contributed by atoms with van der Waals surface area (Å²) in [5.74, 6) is -0.142. The molecule has 0 aliphatic carbocycles. The van der Waals surface area contributed by atoms with E-state index in [9.17, 15) is 13.6 Å². The average molecular weight is 422 g/mol. The number of rotatable bonds is 8. The molecule has 152 valence electrons. The number of amides is 1. The first-order valence-electron chi connectivity index (χ1n) is 8.67. The zero-order chi connectivity index (χ0) is 20.8. The molecule has 0 unspecified atom stereocenters. The summed E-state index contributed by atoms with van der Waals surface area (Å²) < 4.78 is 34.5. The zero-order valence-electron chi connectivity index (χ0n) is 15.4. The van der Waals surface area contributed by atoms with E-state index < -0.39 is 6.61 Å². The first-order chi connectivity index (χ1) is 14.0. The molecule has 2 aromatic carbocycles. The second-order valence-corrected chi connectivity index (χ2v) is 6.47. The van der Waals surface area contributed by atoms with E-state index in [1.165, 1.54) is 19.4 Å². The third-order valence-electron chi connectivity index (χ3n) is 4.16. The number of carbonyl (C=O) groups excluding carboxylic acids is 1. The van der Waals surface area contributed by atoms with Crippen LogP contribution in [0.15, 0.2) is 48.7 Å². The Balaban J connectivity index is 1.64. The van der Waals surface area contributed by atoms with Crippen molar-refractivity contribution in [2.75, 3.05) is 13.7 Å². The van der Waals surface area contributed by atoms with Gasteiger partial charge in [0.05, 0.1) is 24.6 Å². The molecule has 6 nitrogen and oxygen atoms in total. The van der Waals surface area contributed by atoms with Gasteiger partial charge in [-0.25, -0.2) is 0 Å². The van der Waals surface area contributed by atoms with E-state index in [0.29, 0.717) is 34.8 Å². The van der Waals surface area contributed by atoms with Crippen molar-refractivity contribution in [3.63, 3.8) is 0 Å². The van der Waals surface area contributed by atoms with Crippen LogP contribution in [0.5, 0.6) is 11.5 Å². The van der Waals surface area contributed by atoms with Crippen molar-refractivity contribution in [2.24, 2.45) is 0 Å². The Kier molecular flexibility index (Phi) is 6.66. The van der Waals surface area contributed by atoms with Gasteiger partial charge in [0.25, 0.3) is 5.91 Å². The Bertz CT molecular complexity index is 977. The summed E-state index contributed by atoms with van der Waals surface area (Å²) in [6.07, 6.45) is 1.87. The van der Waals surface area contributed by atoms with Gasteiger partial charge >= 0.3 is 6.61 Å². The summed E-state index contributed by atoms with van der Waals surface area (Å²) in [7, 11) is 1.37. The number of alkyl halides is 2. The largest absolute Gasteiger partial charge is 0.493 e. The molecule has 9 heteroatoms. The van der Waals surface area contributed by atoms with Gasteiger partial charge in [-0.05, 0) is 36.2 Å². The van der Waals surface area contributed by atoms with Gasteiger partial charge < -0.3 is 14.8 Å². The van der Waals surface area contributed by atoms with Gasteiger partial charge in [-0.3, -0.25) is 9.89 Å². The molecule has 0 spiro atoms. The molecule has 1 amide bonds. The summed E-state index contributed by atoms with van der Waals surface area (Å²) in [5, 5.41) is 10.2. The van der Waals surface area contributed by atoms with Crippen LogP contribution >= 0.6 is 11.6 Å². The topological polar surface area (TPSA) is 76.2 Å². The second-order valence-electron chi connectivity index (χ2n) is 6.04. The fraction of sp³-hybridized carbons (Fsp3) is 0.200. The van der Waals surface area contributed by atoms with Crippen molar-refractivity contribution < 1.29 is 23.0 Å². The van der Waals surface area contributed by atoms with Crippen LogP contribution in [0.25, 0.3) is 11.3 Å². The molecule has 0 bridgehead atoms. The quantitative estimate of drug-likeness (QED) is 0.568. The van der Waals surface area contributed by atoms with Gasteiger partial charge in [-0.15, -0.1) is 0 Å². The lowest BCUT2D eigenvalue weighted by molar-refractivity contribution is -0.0512. The smallest absolute Gasteiger partial charge is 0.387 e. The van der Waals surface area contributed by atoms with Crippen LogP contribution in [0.3, 0.4) is 0 Å². The molecule has 0 fully saturated rings. The van der Waals surface area contributed by atoms with Gasteiger partial charge in [-0.1, -0.05) is 29.8 Å². The number of nitrogens with one attached hydrogen (secondary N) is 2. The summed E-state index contributed by atoms with van der Waals surface area (Å²) in [6, 6.07) is 11.8. The molecular weight excluding hydrogens is 404 g/mol. The van der Waals surface area contributed by atoms with Crippen LogP contribution in [-0.4, -0.2) is 36.4 Å². The number of methoxy groups -OCH3 is 1. The fourth-order valence-electron chi connectivity index (χ4n) is 2.78. The minimum absolute atomic E-state index is 0.0498. The molecule has 0 saturated heterocycles. The third-order valence-corrected chi connectivity index (χ3v) is 4.41. The van der Waals surface area contributed by atoms with E-state index in [1.807, 2.05) is 0 Å². The van der Waals surface area contributed by atoms with Crippen LogP contribution in [-0.2, 0) is 6.42 Å². The predicted octanol–water partition coefficient (Wildman–Crippen LogP) is 4.31. The molecule has 2 N–H and O–H groups in total. The molecule has 0 aliphatic rings. The molecule has 0 saturated carbocycles. The van der Waals surface area contributed by atoms with Crippen molar-refractivity contribution in [1.82, 2.24) is 15.5 Å². The van der Waals surface area contributed by atoms with E-state index >= 15 is 0 Å². The number of hydrogen-bond donors (Lipinski definition) is 2. The number of benzene rings is 2. The highest BCUT2D eigenvalue weighted by Crippen LogP contribution is 2.29. The first-order valence-corrected chi connectivity index (χ1v) is 9.05. The third kappa shape index (κ3) is 5.23. The average Bonchev–Trinajstić information content (AvgIpc) is 3.18. The van der Waals surface area contributed by atoms with Gasteiger partial charge in [0.2, 0.25) is 0 Å². The maximum absolute atomic E-state index is 12.5. The normalized spacial score (nSPS) is 10.8. The monoisotopic (exact) mass is 421 g/mol. The van der Waals surface area contributed by atoms with Crippen molar-refractivity contribution in [3.8, 4) is 22.8 Å². The number of carbonyl (C=O) groups is 1. The molecule has 1 heterocycles. The van der Waals surface area contributed by atoms with E-state index in [1.54, 1.807) is 36.4 Å². The van der Waals surface area contributed by atoms with Crippen LogP contribution in [0.4, 0.5) is 8.78 Å². The fourth-order valence-corrected chi connectivity index (χ4v) is 2.90. The minimum Gasteiger partial charge on any atom is -0.493 e. The molecule has 0 atom stereocenters. The molecule has 3 rings (SSSR count). The van der Waals surface area contributed by atoms with Crippen LogP contribution in [0.1, 0.15) is 15.9 Å². The Morgan fingerprint density at radius 1 is 1.21 bits per heavy atom. The van der Waals surface area contributed by atoms with E-state index in [4.69, 9.17) is 16.3 Å². The van der Waals surface area contributed by atoms with Gasteiger partial charge in [0, 0.05) is 17.1 Å². The SMILES string of the molecule is COc1ccc(CCNC(=O)c2cn[nH]c2-c2ccc(Cl)cc2)cc1OC(F)F. The van der Waals surface area contributed by atoms with Crippen molar-refractivity contribution in [2.45, 2.75) is 13.0 Å². The first kappa shape index (κ1) is 20.6. The van der Waals surface area contributed by atoms with Gasteiger partial charge in [-0.2, -0.15) is 13.9 Å². The Morgan fingerprint density at radius 3 is 2.66 bits per heavy atom. The van der Waals surface area contributed by atoms with Gasteiger partial charge in [0.1, 0.15) is 0 Å². The maximum Gasteiger partial charge on any atom is 0.387 e. The number of hydrogen-bond acceptors (Lipinski definition) is 4. The molecule has 0 radical (unpaired) electrons. The van der Waals surface area contributed by atoms with Gasteiger partial charge in [0.15, 0.2) is 11.5 Å². The summed E-state index contributed by atoms with van der Waals surface area (Å²) in [4.78, 5) is 12.5. The highest BCUT2D eigenvalue weighted by Gasteiger charge is 2.15. The molecule has 1 aromatic heterocycles. The minimum atomic E-state index is -2.95. The number of nitrogens with zero attached hydrogens (tertiary/aromatic N) is 1. The van der Waals surface area contributed by atoms with Crippen LogP contribution in [0, 0.1) is 0 Å². The van der Waals surface area contributed by atoms with Crippen molar-refractivity contribution in [3.05, 3.63) is 64.8 Å². The number of aromatic nitrogens is 2. The summed E-state index contributed by atoms with van der Waals surface area (Å²) in [6.45, 7) is -2.66. The predicted molar refractivity (Wildman–Crippen MR) is 105 cm³/mol. The summed E-state index contributed by atoms with van der Waals surface area (Å²) >= 11 is 5.90. The molecular formula is C20H18ClF2N3O3. The molecule has 29 heavy (non-hydrogen) atoms.